The van der Waals surface area contributed by atoms with E-state index in [1.54, 1.807) is 4.57 Å². The van der Waals surface area contributed by atoms with E-state index in [0.29, 0.717) is 11.9 Å². The Hall–Kier alpha value is -2.30. The fourth-order valence-corrected chi connectivity index (χ4v) is 2.32. The molecule has 1 aromatic heterocycles. The predicted molar refractivity (Wildman–Crippen MR) is 84.0 cm³/mol. The number of fused-ring (bicyclic) bond motifs is 1. The van der Waals surface area contributed by atoms with Crippen LogP contribution in [-0.4, -0.2) is 29.2 Å². The van der Waals surface area contributed by atoms with Crippen molar-refractivity contribution in [2.24, 2.45) is 0 Å². The zero-order valence-electron chi connectivity index (χ0n) is 12.4. The van der Waals surface area contributed by atoms with E-state index in [0.717, 1.165) is 24.0 Å². The number of carboxylic acid groups (broad SMARTS) is 1. The van der Waals surface area contributed by atoms with Crippen molar-refractivity contribution in [2.75, 3.05) is 18.5 Å². The smallest absolute Gasteiger partial charge is 0.305 e. The largest absolute Gasteiger partial charge is 0.481 e. The van der Waals surface area contributed by atoms with Crippen molar-refractivity contribution in [1.82, 2.24) is 4.57 Å². The number of hydrogen-bond donors (Lipinski definition) is 1. The SMILES string of the molecule is CCCn1ccc2cc(N(C)CCC(=O)O)ccc2c1=O. The molecule has 0 bridgehead atoms. The van der Waals surface area contributed by atoms with Crippen molar-refractivity contribution >= 4 is 22.4 Å². The van der Waals surface area contributed by atoms with Gasteiger partial charge in [0.15, 0.2) is 0 Å². The maximum absolute atomic E-state index is 12.3. The molecule has 112 valence electrons. The molecule has 21 heavy (non-hydrogen) atoms. The molecule has 0 fully saturated rings. The topological polar surface area (TPSA) is 62.5 Å². The quantitative estimate of drug-likeness (QED) is 0.886. The van der Waals surface area contributed by atoms with Gasteiger partial charge in [-0.3, -0.25) is 9.59 Å². The van der Waals surface area contributed by atoms with Crippen LogP contribution in [0.25, 0.3) is 10.8 Å². The Kier molecular flexibility index (Phi) is 4.62. The van der Waals surface area contributed by atoms with Gasteiger partial charge in [0.05, 0.1) is 6.42 Å². The van der Waals surface area contributed by atoms with Gasteiger partial charge in [0.1, 0.15) is 0 Å². The summed E-state index contributed by atoms with van der Waals surface area (Å²) in [4.78, 5) is 24.8. The molecule has 5 nitrogen and oxygen atoms in total. The van der Waals surface area contributed by atoms with Gasteiger partial charge in [0.25, 0.3) is 5.56 Å². The van der Waals surface area contributed by atoms with Crippen molar-refractivity contribution in [3.05, 3.63) is 40.8 Å². The minimum atomic E-state index is -0.815. The summed E-state index contributed by atoms with van der Waals surface area (Å²) in [6.07, 6.45) is 2.82. The highest BCUT2D eigenvalue weighted by Crippen LogP contribution is 2.19. The minimum Gasteiger partial charge on any atom is -0.481 e. The fraction of sp³-hybridized carbons (Fsp3) is 0.375. The van der Waals surface area contributed by atoms with E-state index >= 15 is 0 Å². The van der Waals surface area contributed by atoms with Crippen LogP contribution in [0.15, 0.2) is 35.3 Å². The number of pyridine rings is 1. The van der Waals surface area contributed by atoms with Crippen LogP contribution >= 0.6 is 0 Å². The third-order valence-corrected chi connectivity index (χ3v) is 3.53. The van der Waals surface area contributed by atoms with E-state index in [1.165, 1.54) is 0 Å². The number of benzene rings is 1. The number of aryl methyl sites for hydroxylation is 1. The number of anilines is 1. The number of aliphatic carboxylic acids is 1. The monoisotopic (exact) mass is 288 g/mol. The molecule has 1 N–H and O–H groups in total. The number of aromatic nitrogens is 1. The van der Waals surface area contributed by atoms with Gasteiger partial charge in [-0.05, 0) is 36.1 Å². The maximum Gasteiger partial charge on any atom is 0.305 e. The lowest BCUT2D eigenvalue weighted by molar-refractivity contribution is -0.136. The van der Waals surface area contributed by atoms with Crippen molar-refractivity contribution in [3.8, 4) is 0 Å². The molecule has 0 spiro atoms. The summed E-state index contributed by atoms with van der Waals surface area (Å²) in [7, 11) is 1.85. The first-order valence-electron chi connectivity index (χ1n) is 7.09. The van der Waals surface area contributed by atoms with E-state index < -0.39 is 5.97 Å². The van der Waals surface area contributed by atoms with Crippen molar-refractivity contribution in [3.63, 3.8) is 0 Å². The molecule has 0 radical (unpaired) electrons. The van der Waals surface area contributed by atoms with Crippen LogP contribution in [0.2, 0.25) is 0 Å². The van der Waals surface area contributed by atoms with Crippen LogP contribution in [-0.2, 0) is 11.3 Å². The van der Waals surface area contributed by atoms with Gasteiger partial charge in [0.2, 0.25) is 0 Å². The summed E-state index contributed by atoms with van der Waals surface area (Å²) in [5.74, 6) is -0.815. The number of nitrogens with zero attached hydrogens (tertiary/aromatic N) is 2. The first-order chi connectivity index (χ1) is 10.0. The standard InChI is InChI=1S/C16H20N2O3/c1-3-8-18-10-6-12-11-13(4-5-14(12)16(18)21)17(2)9-7-15(19)20/h4-6,10-11H,3,7-9H2,1-2H3,(H,19,20). The van der Waals surface area contributed by atoms with Crippen LogP contribution in [0.1, 0.15) is 19.8 Å². The molecule has 1 heterocycles. The lowest BCUT2D eigenvalue weighted by atomic mass is 10.1. The van der Waals surface area contributed by atoms with Gasteiger partial charge in [-0.15, -0.1) is 0 Å². The van der Waals surface area contributed by atoms with Crippen LogP contribution in [0.5, 0.6) is 0 Å². The first kappa shape index (κ1) is 15.1. The molecule has 0 unspecified atom stereocenters. The van der Waals surface area contributed by atoms with Gasteiger partial charge >= 0.3 is 5.97 Å². The van der Waals surface area contributed by atoms with Crippen molar-refractivity contribution in [1.29, 1.82) is 0 Å². The second-order valence-corrected chi connectivity index (χ2v) is 5.15. The van der Waals surface area contributed by atoms with E-state index in [9.17, 15) is 9.59 Å². The second-order valence-electron chi connectivity index (χ2n) is 5.15. The van der Waals surface area contributed by atoms with Gasteiger partial charge in [0, 0.05) is 37.4 Å². The highest BCUT2D eigenvalue weighted by atomic mass is 16.4. The lowest BCUT2D eigenvalue weighted by Crippen LogP contribution is -2.22. The van der Waals surface area contributed by atoms with Gasteiger partial charge in [-0.25, -0.2) is 0 Å². The first-order valence-corrected chi connectivity index (χ1v) is 7.09. The van der Waals surface area contributed by atoms with E-state index in [4.69, 9.17) is 5.11 Å². The molecule has 5 heteroatoms. The van der Waals surface area contributed by atoms with Gasteiger partial charge in [-0.2, -0.15) is 0 Å². The van der Waals surface area contributed by atoms with Crippen LogP contribution in [0.3, 0.4) is 0 Å². The van der Waals surface area contributed by atoms with Gasteiger partial charge in [-0.1, -0.05) is 6.92 Å². The fourth-order valence-electron chi connectivity index (χ4n) is 2.32. The molecule has 2 rings (SSSR count). The Balaban J connectivity index is 2.32. The predicted octanol–water partition coefficient (Wildman–Crippen LogP) is 2.32. The number of carboxylic acids is 1. The van der Waals surface area contributed by atoms with Crippen LogP contribution in [0, 0.1) is 0 Å². The van der Waals surface area contributed by atoms with Crippen molar-refractivity contribution in [2.45, 2.75) is 26.3 Å². The maximum atomic E-state index is 12.3. The second kappa shape index (κ2) is 6.43. The summed E-state index contributed by atoms with van der Waals surface area (Å²) in [6, 6.07) is 7.54. The minimum absolute atomic E-state index is 0.0223. The van der Waals surface area contributed by atoms with E-state index in [1.807, 2.05) is 49.3 Å². The third kappa shape index (κ3) is 3.42. The van der Waals surface area contributed by atoms with E-state index in [2.05, 4.69) is 0 Å². The molecule has 0 saturated carbocycles. The molecule has 0 aliphatic heterocycles. The zero-order valence-corrected chi connectivity index (χ0v) is 12.4. The Morgan fingerprint density at radius 1 is 1.33 bits per heavy atom. The molecule has 0 amide bonds. The van der Waals surface area contributed by atoms with E-state index in [-0.39, 0.29) is 12.0 Å². The summed E-state index contributed by atoms with van der Waals surface area (Å²) < 4.78 is 1.72. The molecule has 2 aromatic rings. The Bertz CT molecular complexity index is 706. The summed E-state index contributed by atoms with van der Waals surface area (Å²) in [6.45, 7) is 3.19. The summed E-state index contributed by atoms with van der Waals surface area (Å²) in [5.41, 5.74) is 0.936. The Labute approximate surface area is 123 Å². The molecular formula is C16H20N2O3. The number of hydrogen-bond acceptors (Lipinski definition) is 3. The highest BCUT2D eigenvalue weighted by Gasteiger charge is 2.07. The molecular weight excluding hydrogens is 268 g/mol. The lowest BCUT2D eigenvalue weighted by Gasteiger charge is -2.18. The molecule has 0 aliphatic carbocycles. The average molecular weight is 288 g/mol. The van der Waals surface area contributed by atoms with Crippen LogP contribution < -0.4 is 10.5 Å². The number of rotatable bonds is 6. The number of carbonyl (C=O) groups is 1. The molecule has 0 saturated heterocycles. The van der Waals surface area contributed by atoms with Crippen molar-refractivity contribution < 1.29 is 9.90 Å². The zero-order chi connectivity index (χ0) is 15.4. The average Bonchev–Trinajstić information content (AvgIpc) is 2.47. The van der Waals surface area contributed by atoms with Crippen LogP contribution in [0.4, 0.5) is 5.69 Å². The summed E-state index contributed by atoms with van der Waals surface area (Å²) >= 11 is 0. The molecule has 1 aromatic carbocycles. The Morgan fingerprint density at radius 2 is 2.10 bits per heavy atom. The molecule has 0 aliphatic rings. The van der Waals surface area contributed by atoms with Gasteiger partial charge < -0.3 is 14.6 Å². The summed E-state index contributed by atoms with van der Waals surface area (Å²) in [5, 5.41) is 10.3. The Morgan fingerprint density at radius 3 is 2.76 bits per heavy atom. The normalized spacial score (nSPS) is 10.8. The highest BCUT2D eigenvalue weighted by molar-refractivity contribution is 5.85. The third-order valence-electron chi connectivity index (χ3n) is 3.53. The molecule has 0 atom stereocenters.